The SMILES string of the molecule is COC(=O)C1(c2ccccc2)CC2CC2C1. The summed E-state index contributed by atoms with van der Waals surface area (Å²) in [5, 5.41) is 0. The van der Waals surface area contributed by atoms with E-state index in [4.69, 9.17) is 4.74 Å². The molecule has 2 atom stereocenters. The molecule has 0 N–H and O–H groups in total. The third kappa shape index (κ3) is 1.29. The second kappa shape index (κ2) is 3.34. The Morgan fingerprint density at radius 1 is 1.25 bits per heavy atom. The van der Waals surface area contributed by atoms with E-state index in [0.29, 0.717) is 0 Å². The molecule has 0 amide bonds. The number of esters is 1. The first-order valence-electron chi connectivity index (χ1n) is 5.90. The Kier molecular flexibility index (Phi) is 2.06. The fraction of sp³-hybridized carbons (Fsp3) is 0.500. The third-order valence-electron chi connectivity index (χ3n) is 4.19. The maximum atomic E-state index is 12.1. The van der Waals surface area contributed by atoms with Gasteiger partial charge in [-0.2, -0.15) is 0 Å². The lowest BCUT2D eigenvalue weighted by molar-refractivity contribution is -0.147. The van der Waals surface area contributed by atoms with Crippen molar-refractivity contribution in [1.82, 2.24) is 0 Å². The zero-order valence-electron chi connectivity index (χ0n) is 9.48. The third-order valence-corrected chi connectivity index (χ3v) is 4.19. The van der Waals surface area contributed by atoms with Crippen LogP contribution >= 0.6 is 0 Å². The normalized spacial score (nSPS) is 35.6. The molecule has 16 heavy (non-hydrogen) atoms. The zero-order valence-corrected chi connectivity index (χ0v) is 9.48. The van der Waals surface area contributed by atoms with Crippen LogP contribution in [0.1, 0.15) is 24.8 Å². The van der Waals surface area contributed by atoms with Gasteiger partial charge in [0.1, 0.15) is 0 Å². The van der Waals surface area contributed by atoms with Gasteiger partial charge in [-0.15, -0.1) is 0 Å². The molecule has 0 bridgehead atoms. The van der Waals surface area contributed by atoms with E-state index in [0.717, 1.165) is 30.2 Å². The van der Waals surface area contributed by atoms with E-state index in [9.17, 15) is 4.79 Å². The van der Waals surface area contributed by atoms with E-state index in [1.165, 1.54) is 13.5 Å². The number of rotatable bonds is 2. The van der Waals surface area contributed by atoms with Gasteiger partial charge in [0.15, 0.2) is 0 Å². The molecule has 2 saturated carbocycles. The van der Waals surface area contributed by atoms with Crippen molar-refractivity contribution in [2.75, 3.05) is 7.11 Å². The molecule has 1 aromatic rings. The maximum absolute atomic E-state index is 12.1. The second-order valence-electron chi connectivity index (χ2n) is 5.10. The largest absolute Gasteiger partial charge is 0.468 e. The van der Waals surface area contributed by atoms with E-state index < -0.39 is 0 Å². The summed E-state index contributed by atoms with van der Waals surface area (Å²) in [6.07, 6.45) is 3.27. The van der Waals surface area contributed by atoms with Crippen LogP contribution in [0.5, 0.6) is 0 Å². The summed E-state index contributed by atoms with van der Waals surface area (Å²) >= 11 is 0. The summed E-state index contributed by atoms with van der Waals surface area (Å²) in [5.41, 5.74) is 0.790. The number of carbonyl (C=O) groups excluding carboxylic acids is 1. The number of hydrogen-bond acceptors (Lipinski definition) is 2. The van der Waals surface area contributed by atoms with E-state index in [1.807, 2.05) is 18.2 Å². The van der Waals surface area contributed by atoms with Crippen molar-refractivity contribution in [3.8, 4) is 0 Å². The van der Waals surface area contributed by atoms with Crippen LogP contribution < -0.4 is 0 Å². The lowest BCUT2D eigenvalue weighted by Crippen LogP contribution is -2.35. The van der Waals surface area contributed by atoms with Crippen LogP contribution in [-0.4, -0.2) is 13.1 Å². The summed E-state index contributed by atoms with van der Waals surface area (Å²) in [7, 11) is 1.50. The van der Waals surface area contributed by atoms with Gasteiger partial charge in [0.25, 0.3) is 0 Å². The fourth-order valence-corrected chi connectivity index (χ4v) is 3.26. The minimum absolute atomic E-state index is 0.0501. The monoisotopic (exact) mass is 216 g/mol. The van der Waals surface area contributed by atoms with Gasteiger partial charge in [0, 0.05) is 0 Å². The highest BCUT2D eigenvalue weighted by atomic mass is 16.5. The van der Waals surface area contributed by atoms with Crippen LogP contribution in [-0.2, 0) is 14.9 Å². The van der Waals surface area contributed by atoms with Crippen molar-refractivity contribution < 1.29 is 9.53 Å². The van der Waals surface area contributed by atoms with Crippen LogP contribution in [0.15, 0.2) is 30.3 Å². The predicted molar refractivity (Wildman–Crippen MR) is 61.0 cm³/mol. The molecular weight excluding hydrogens is 200 g/mol. The fourth-order valence-electron chi connectivity index (χ4n) is 3.26. The van der Waals surface area contributed by atoms with Gasteiger partial charge < -0.3 is 4.74 Å². The molecular formula is C14H16O2. The molecule has 2 fully saturated rings. The van der Waals surface area contributed by atoms with Crippen molar-refractivity contribution in [1.29, 1.82) is 0 Å². The molecule has 0 aromatic heterocycles. The number of fused-ring (bicyclic) bond motifs is 1. The van der Waals surface area contributed by atoms with Crippen molar-refractivity contribution in [2.24, 2.45) is 11.8 Å². The number of hydrogen-bond donors (Lipinski definition) is 0. The van der Waals surface area contributed by atoms with Crippen molar-refractivity contribution in [3.05, 3.63) is 35.9 Å². The lowest BCUT2D eigenvalue weighted by Gasteiger charge is -2.28. The van der Waals surface area contributed by atoms with E-state index in [1.54, 1.807) is 0 Å². The molecule has 2 heteroatoms. The average Bonchev–Trinajstić information content (AvgIpc) is 2.97. The van der Waals surface area contributed by atoms with E-state index in [-0.39, 0.29) is 11.4 Å². The molecule has 2 unspecified atom stereocenters. The zero-order chi connectivity index (χ0) is 11.2. The highest BCUT2D eigenvalue weighted by Gasteiger charge is 2.58. The van der Waals surface area contributed by atoms with Gasteiger partial charge in [-0.25, -0.2) is 0 Å². The van der Waals surface area contributed by atoms with Gasteiger partial charge in [0.05, 0.1) is 12.5 Å². The van der Waals surface area contributed by atoms with Gasteiger partial charge in [-0.05, 0) is 36.7 Å². The standard InChI is InChI=1S/C14H16O2/c1-16-13(15)14(8-10-7-11(10)9-14)12-5-3-2-4-6-12/h2-6,10-11H,7-9H2,1H3. The summed E-state index contributed by atoms with van der Waals surface area (Å²) in [6, 6.07) is 10.1. The lowest BCUT2D eigenvalue weighted by atomic mass is 9.76. The van der Waals surface area contributed by atoms with Crippen molar-refractivity contribution in [3.63, 3.8) is 0 Å². The first-order chi connectivity index (χ1) is 7.76. The summed E-state index contributed by atoms with van der Waals surface area (Å²) in [6.45, 7) is 0. The number of benzene rings is 1. The van der Waals surface area contributed by atoms with E-state index >= 15 is 0 Å². The van der Waals surface area contributed by atoms with Crippen molar-refractivity contribution in [2.45, 2.75) is 24.7 Å². The second-order valence-corrected chi connectivity index (χ2v) is 5.10. The molecule has 2 nitrogen and oxygen atoms in total. The Morgan fingerprint density at radius 3 is 2.44 bits per heavy atom. The molecule has 2 aliphatic rings. The number of methoxy groups -OCH3 is 1. The minimum Gasteiger partial charge on any atom is -0.468 e. The van der Waals surface area contributed by atoms with Crippen LogP contribution in [0.25, 0.3) is 0 Å². The molecule has 0 saturated heterocycles. The predicted octanol–water partition coefficient (Wildman–Crippen LogP) is 2.53. The number of ether oxygens (including phenoxy) is 1. The highest BCUT2D eigenvalue weighted by molar-refractivity contribution is 5.84. The average molecular weight is 216 g/mol. The minimum atomic E-state index is -0.344. The summed E-state index contributed by atoms with van der Waals surface area (Å²) in [5.74, 6) is 1.48. The Morgan fingerprint density at radius 2 is 1.88 bits per heavy atom. The Balaban J connectivity index is 2.00. The van der Waals surface area contributed by atoms with Crippen LogP contribution in [0.4, 0.5) is 0 Å². The molecule has 1 aromatic carbocycles. The van der Waals surface area contributed by atoms with Crippen LogP contribution in [0.3, 0.4) is 0 Å². The quantitative estimate of drug-likeness (QED) is 0.710. The molecule has 0 aliphatic heterocycles. The van der Waals surface area contributed by atoms with Gasteiger partial charge >= 0.3 is 5.97 Å². The Hall–Kier alpha value is -1.31. The first kappa shape index (κ1) is 9.88. The topological polar surface area (TPSA) is 26.3 Å². The van der Waals surface area contributed by atoms with Gasteiger partial charge in [0.2, 0.25) is 0 Å². The van der Waals surface area contributed by atoms with Crippen molar-refractivity contribution >= 4 is 5.97 Å². The maximum Gasteiger partial charge on any atom is 0.316 e. The molecule has 3 rings (SSSR count). The van der Waals surface area contributed by atoms with Gasteiger partial charge in [-0.1, -0.05) is 30.3 Å². The Bertz CT molecular complexity index is 400. The molecule has 2 aliphatic carbocycles. The molecule has 84 valence electrons. The highest BCUT2D eigenvalue weighted by Crippen LogP contribution is 2.60. The smallest absolute Gasteiger partial charge is 0.316 e. The summed E-state index contributed by atoms with van der Waals surface area (Å²) < 4.78 is 5.02. The van der Waals surface area contributed by atoms with Gasteiger partial charge in [-0.3, -0.25) is 4.79 Å². The first-order valence-corrected chi connectivity index (χ1v) is 5.90. The number of carbonyl (C=O) groups is 1. The van der Waals surface area contributed by atoms with Crippen LogP contribution in [0, 0.1) is 11.8 Å². The van der Waals surface area contributed by atoms with Crippen LogP contribution in [0.2, 0.25) is 0 Å². The molecule has 0 heterocycles. The summed E-state index contributed by atoms with van der Waals surface area (Å²) in [4.78, 5) is 12.1. The molecule has 0 radical (unpaired) electrons. The molecule has 0 spiro atoms. The van der Waals surface area contributed by atoms with E-state index in [2.05, 4.69) is 12.1 Å². The Labute approximate surface area is 95.6 Å².